The largest absolute Gasteiger partial charge is 0.464 e. The fourth-order valence-corrected chi connectivity index (χ4v) is 2.03. The summed E-state index contributed by atoms with van der Waals surface area (Å²) in [5, 5.41) is 4.09. The van der Waals surface area contributed by atoms with Crippen molar-refractivity contribution in [3.05, 3.63) is 16.1 Å². The van der Waals surface area contributed by atoms with E-state index in [9.17, 15) is 0 Å². The van der Waals surface area contributed by atoms with E-state index < -0.39 is 0 Å². The van der Waals surface area contributed by atoms with Crippen molar-refractivity contribution >= 4 is 23.2 Å². The van der Waals surface area contributed by atoms with Crippen molar-refractivity contribution in [3.63, 3.8) is 0 Å². The highest BCUT2D eigenvalue weighted by molar-refractivity contribution is 7.11. The summed E-state index contributed by atoms with van der Waals surface area (Å²) in [6.07, 6.45) is 1.82. The molecule has 0 atom stereocenters. The number of nitrogens with zero attached hydrogens (tertiary/aromatic N) is 4. The minimum Gasteiger partial charge on any atom is -0.464 e. The molecule has 7 nitrogen and oxygen atoms in total. The third-order valence-corrected chi connectivity index (χ3v) is 2.91. The van der Waals surface area contributed by atoms with Gasteiger partial charge in [-0.25, -0.2) is 4.98 Å². The van der Waals surface area contributed by atoms with Gasteiger partial charge in [0.25, 0.3) is 0 Å². The lowest BCUT2D eigenvalue weighted by Gasteiger charge is -2.05. The molecule has 0 aliphatic rings. The van der Waals surface area contributed by atoms with E-state index in [0.29, 0.717) is 19.1 Å². The lowest BCUT2D eigenvalue weighted by molar-refractivity contribution is 0.312. The molecule has 0 aromatic carbocycles. The molecule has 2 aromatic rings. The molecule has 2 aromatic heterocycles. The van der Waals surface area contributed by atoms with Gasteiger partial charge in [-0.1, -0.05) is 0 Å². The van der Waals surface area contributed by atoms with Crippen molar-refractivity contribution in [2.75, 3.05) is 17.7 Å². The molecule has 0 fully saturated rings. The van der Waals surface area contributed by atoms with Gasteiger partial charge in [-0.05, 0) is 13.8 Å². The molecule has 0 radical (unpaired) electrons. The second-order valence-corrected chi connectivity index (χ2v) is 4.75. The SMILES string of the molecule is CCOc1nc(N)nc(NCc2cnc(C)s2)n1. The molecule has 0 aliphatic heterocycles. The summed E-state index contributed by atoms with van der Waals surface area (Å²) in [5.74, 6) is 0.536. The third-order valence-electron chi connectivity index (χ3n) is 2.00. The topological polar surface area (TPSA) is 98.8 Å². The molecule has 2 heterocycles. The Morgan fingerprint density at radius 2 is 2.22 bits per heavy atom. The first-order chi connectivity index (χ1) is 8.67. The zero-order chi connectivity index (χ0) is 13.0. The van der Waals surface area contributed by atoms with E-state index in [1.807, 2.05) is 20.0 Å². The summed E-state index contributed by atoms with van der Waals surface area (Å²) in [6.45, 7) is 4.90. The number of nitrogen functional groups attached to an aromatic ring is 1. The van der Waals surface area contributed by atoms with Crippen molar-refractivity contribution in [2.45, 2.75) is 20.4 Å². The van der Waals surface area contributed by atoms with Gasteiger partial charge in [0.05, 0.1) is 18.2 Å². The predicted octanol–water partition coefficient (Wildman–Crippen LogP) is 1.23. The molecular weight excluding hydrogens is 252 g/mol. The summed E-state index contributed by atoms with van der Waals surface area (Å²) >= 11 is 1.62. The van der Waals surface area contributed by atoms with Crippen LogP contribution >= 0.6 is 11.3 Å². The van der Waals surface area contributed by atoms with Crippen LogP contribution in [0.5, 0.6) is 6.01 Å². The number of hydrogen-bond acceptors (Lipinski definition) is 8. The average molecular weight is 266 g/mol. The maximum Gasteiger partial charge on any atom is 0.323 e. The third kappa shape index (κ3) is 3.27. The summed E-state index contributed by atoms with van der Waals surface area (Å²) in [7, 11) is 0. The fraction of sp³-hybridized carbons (Fsp3) is 0.400. The molecule has 3 N–H and O–H groups in total. The highest BCUT2D eigenvalue weighted by atomic mass is 32.1. The lowest BCUT2D eigenvalue weighted by Crippen LogP contribution is -2.08. The Hall–Kier alpha value is -1.96. The van der Waals surface area contributed by atoms with Crippen molar-refractivity contribution in [3.8, 4) is 6.01 Å². The maximum absolute atomic E-state index is 5.57. The monoisotopic (exact) mass is 266 g/mol. The van der Waals surface area contributed by atoms with Crippen LogP contribution in [0.1, 0.15) is 16.8 Å². The number of anilines is 2. The Labute approximate surface area is 108 Å². The molecule has 0 amide bonds. The number of nitrogens with two attached hydrogens (primary N) is 1. The van der Waals surface area contributed by atoms with Crippen LogP contribution in [0.2, 0.25) is 0 Å². The van der Waals surface area contributed by atoms with E-state index in [0.717, 1.165) is 9.88 Å². The summed E-state index contributed by atoms with van der Waals surface area (Å²) < 4.78 is 5.19. The number of nitrogens with one attached hydrogen (secondary N) is 1. The molecule has 8 heteroatoms. The lowest BCUT2D eigenvalue weighted by atomic mass is 10.5. The average Bonchev–Trinajstić information content (AvgIpc) is 2.72. The Balaban J connectivity index is 2.04. The van der Waals surface area contributed by atoms with Crippen molar-refractivity contribution in [2.24, 2.45) is 0 Å². The van der Waals surface area contributed by atoms with Gasteiger partial charge < -0.3 is 15.8 Å². The van der Waals surface area contributed by atoms with Crippen molar-refractivity contribution in [1.82, 2.24) is 19.9 Å². The Morgan fingerprint density at radius 3 is 2.89 bits per heavy atom. The molecule has 0 saturated carbocycles. The van der Waals surface area contributed by atoms with E-state index in [4.69, 9.17) is 10.5 Å². The molecule has 0 bridgehead atoms. The van der Waals surface area contributed by atoms with Gasteiger partial charge in [0.1, 0.15) is 0 Å². The van der Waals surface area contributed by atoms with Crippen LogP contribution in [0.3, 0.4) is 0 Å². The van der Waals surface area contributed by atoms with Crippen molar-refractivity contribution < 1.29 is 4.74 Å². The summed E-state index contributed by atoms with van der Waals surface area (Å²) in [6, 6.07) is 0.230. The van der Waals surface area contributed by atoms with Crippen molar-refractivity contribution in [1.29, 1.82) is 0 Å². The van der Waals surface area contributed by atoms with Crippen LogP contribution in [0, 0.1) is 6.92 Å². The number of thiazole rings is 1. The van der Waals surface area contributed by atoms with Crippen LogP contribution in [-0.2, 0) is 6.54 Å². The minimum absolute atomic E-state index is 0.136. The first-order valence-corrected chi connectivity index (χ1v) is 6.28. The number of aromatic nitrogens is 4. The van der Waals surface area contributed by atoms with E-state index in [-0.39, 0.29) is 12.0 Å². The standard InChI is InChI=1S/C10H14N6OS/c1-3-17-10-15-8(11)14-9(16-10)13-5-7-4-12-6(2)18-7/h4H,3,5H2,1-2H3,(H3,11,13,14,15,16). The molecule has 0 aliphatic carbocycles. The Kier molecular flexibility index (Phi) is 3.88. The van der Waals surface area contributed by atoms with Gasteiger partial charge in [-0.15, -0.1) is 11.3 Å². The van der Waals surface area contributed by atoms with Gasteiger partial charge in [-0.3, -0.25) is 0 Å². The van der Waals surface area contributed by atoms with Crippen LogP contribution in [0.4, 0.5) is 11.9 Å². The van der Waals surface area contributed by atoms with Gasteiger partial charge in [0.15, 0.2) is 0 Å². The second kappa shape index (κ2) is 5.58. The smallest absolute Gasteiger partial charge is 0.323 e. The quantitative estimate of drug-likeness (QED) is 0.839. The number of aryl methyl sites for hydroxylation is 1. The minimum atomic E-state index is 0.136. The first-order valence-electron chi connectivity index (χ1n) is 5.47. The highest BCUT2D eigenvalue weighted by Crippen LogP contribution is 2.14. The zero-order valence-electron chi connectivity index (χ0n) is 10.2. The van der Waals surface area contributed by atoms with Gasteiger partial charge in [0.2, 0.25) is 11.9 Å². The predicted molar refractivity (Wildman–Crippen MR) is 69.6 cm³/mol. The summed E-state index contributed by atoms with van der Waals surface area (Å²) in [5.41, 5.74) is 5.57. The van der Waals surface area contributed by atoms with E-state index in [2.05, 4.69) is 25.3 Å². The summed E-state index contributed by atoms with van der Waals surface area (Å²) in [4.78, 5) is 17.2. The molecule has 0 unspecified atom stereocenters. The molecular formula is C10H14N6OS. The molecule has 18 heavy (non-hydrogen) atoms. The van der Waals surface area contributed by atoms with E-state index in [1.165, 1.54) is 0 Å². The highest BCUT2D eigenvalue weighted by Gasteiger charge is 2.05. The molecule has 96 valence electrons. The maximum atomic E-state index is 5.57. The van der Waals surface area contributed by atoms with Gasteiger partial charge in [0, 0.05) is 11.1 Å². The first kappa shape index (κ1) is 12.5. The Bertz CT molecular complexity index is 529. The molecule has 0 saturated heterocycles. The van der Waals surface area contributed by atoms with Crippen LogP contribution < -0.4 is 15.8 Å². The van der Waals surface area contributed by atoms with Gasteiger partial charge >= 0.3 is 6.01 Å². The van der Waals surface area contributed by atoms with Crippen LogP contribution in [0.15, 0.2) is 6.20 Å². The molecule has 0 spiro atoms. The zero-order valence-corrected chi connectivity index (χ0v) is 11.0. The van der Waals surface area contributed by atoms with Crippen LogP contribution in [0.25, 0.3) is 0 Å². The Morgan fingerprint density at radius 1 is 1.39 bits per heavy atom. The molecule has 2 rings (SSSR count). The normalized spacial score (nSPS) is 10.3. The van der Waals surface area contributed by atoms with Crippen LogP contribution in [-0.4, -0.2) is 26.5 Å². The second-order valence-electron chi connectivity index (χ2n) is 3.43. The number of hydrogen-bond donors (Lipinski definition) is 2. The number of rotatable bonds is 5. The number of ether oxygens (including phenoxy) is 1. The van der Waals surface area contributed by atoms with E-state index in [1.54, 1.807) is 11.3 Å². The fourth-order valence-electron chi connectivity index (χ4n) is 1.30. The van der Waals surface area contributed by atoms with E-state index >= 15 is 0 Å². The van der Waals surface area contributed by atoms with Gasteiger partial charge in [-0.2, -0.15) is 15.0 Å².